The molecule has 5 heteroatoms. The summed E-state index contributed by atoms with van der Waals surface area (Å²) in [6.07, 6.45) is 1.22. The van der Waals surface area contributed by atoms with E-state index in [0.717, 1.165) is 13.0 Å². The van der Waals surface area contributed by atoms with Crippen LogP contribution in [0.25, 0.3) is 0 Å². The number of aliphatic carboxylic acids is 1. The van der Waals surface area contributed by atoms with Crippen molar-refractivity contribution < 1.29 is 19.7 Å². The molecule has 1 aromatic rings. The molecule has 0 radical (unpaired) electrons. The lowest BCUT2D eigenvalue weighted by molar-refractivity contribution is -0.156. The molecule has 0 spiro atoms. The summed E-state index contributed by atoms with van der Waals surface area (Å²) in [7, 11) is 0. The van der Waals surface area contributed by atoms with Crippen molar-refractivity contribution in [3.63, 3.8) is 0 Å². The van der Waals surface area contributed by atoms with Gasteiger partial charge in [0.2, 0.25) is 5.60 Å². The minimum absolute atomic E-state index is 0.0619. The van der Waals surface area contributed by atoms with Gasteiger partial charge in [-0.15, -0.1) is 0 Å². The van der Waals surface area contributed by atoms with Crippen LogP contribution in [0.4, 0.5) is 0 Å². The molecule has 1 aliphatic rings. The van der Waals surface area contributed by atoms with E-state index < -0.39 is 11.6 Å². The molecule has 1 atom stereocenters. The first kappa shape index (κ1) is 11.7. The summed E-state index contributed by atoms with van der Waals surface area (Å²) >= 11 is 0. The number of phenols is 1. The maximum Gasteiger partial charge on any atom is 0.349 e. The maximum absolute atomic E-state index is 11.3. The second-order valence-electron chi connectivity index (χ2n) is 4.18. The zero-order valence-corrected chi connectivity index (χ0v) is 9.35. The second kappa shape index (κ2) is 4.63. The highest BCUT2D eigenvalue weighted by Crippen LogP contribution is 2.27. The normalized spacial score (nSPS) is 24.2. The number of hydrogen-bond acceptors (Lipinski definition) is 4. The average molecular weight is 237 g/mol. The first-order chi connectivity index (χ1) is 8.12. The van der Waals surface area contributed by atoms with Gasteiger partial charge in [0.15, 0.2) is 0 Å². The van der Waals surface area contributed by atoms with Crippen molar-refractivity contribution >= 4 is 5.97 Å². The fourth-order valence-corrected chi connectivity index (χ4v) is 1.96. The lowest BCUT2D eigenvalue weighted by atomic mass is 9.94. The minimum Gasteiger partial charge on any atom is -0.508 e. The molecule has 3 N–H and O–H groups in total. The van der Waals surface area contributed by atoms with Gasteiger partial charge >= 0.3 is 5.97 Å². The molecule has 1 heterocycles. The van der Waals surface area contributed by atoms with Crippen LogP contribution in [0.5, 0.6) is 11.5 Å². The topological polar surface area (TPSA) is 78.8 Å². The van der Waals surface area contributed by atoms with E-state index in [1.807, 2.05) is 0 Å². The van der Waals surface area contributed by atoms with E-state index in [-0.39, 0.29) is 12.3 Å². The molecular formula is C12H15NO4. The van der Waals surface area contributed by atoms with Gasteiger partial charge in [0, 0.05) is 19.0 Å². The number of hydrogen-bond donors (Lipinski definition) is 3. The molecule has 1 unspecified atom stereocenters. The van der Waals surface area contributed by atoms with Crippen LogP contribution in [-0.4, -0.2) is 34.9 Å². The van der Waals surface area contributed by atoms with Crippen molar-refractivity contribution in [2.75, 3.05) is 13.1 Å². The van der Waals surface area contributed by atoms with Crippen LogP contribution in [0, 0.1) is 0 Å². The van der Waals surface area contributed by atoms with Crippen LogP contribution < -0.4 is 10.1 Å². The fraction of sp³-hybridized carbons (Fsp3) is 0.417. The molecule has 17 heavy (non-hydrogen) atoms. The van der Waals surface area contributed by atoms with Gasteiger partial charge in [-0.25, -0.2) is 4.79 Å². The predicted molar refractivity (Wildman–Crippen MR) is 61.2 cm³/mol. The van der Waals surface area contributed by atoms with Crippen molar-refractivity contribution in [2.45, 2.75) is 18.4 Å². The van der Waals surface area contributed by atoms with E-state index in [4.69, 9.17) is 4.74 Å². The molecule has 5 nitrogen and oxygen atoms in total. The Balaban J connectivity index is 2.20. The molecule has 1 aromatic carbocycles. The van der Waals surface area contributed by atoms with Crippen LogP contribution in [0.1, 0.15) is 12.8 Å². The second-order valence-corrected chi connectivity index (χ2v) is 4.18. The van der Waals surface area contributed by atoms with E-state index in [0.29, 0.717) is 12.2 Å². The Bertz CT molecular complexity index is 413. The zero-order valence-electron chi connectivity index (χ0n) is 9.35. The van der Waals surface area contributed by atoms with E-state index in [1.165, 1.54) is 12.1 Å². The first-order valence-electron chi connectivity index (χ1n) is 5.55. The largest absolute Gasteiger partial charge is 0.508 e. The molecule has 1 saturated heterocycles. The molecule has 2 rings (SSSR count). The molecular weight excluding hydrogens is 222 g/mol. The highest BCUT2D eigenvalue weighted by atomic mass is 16.5. The Morgan fingerprint density at radius 2 is 2.29 bits per heavy atom. The molecule has 0 amide bonds. The Hall–Kier alpha value is -1.75. The Kier molecular flexibility index (Phi) is 3.19. The summed E-state index contributed by atoms with van der Waals surface area (Å²) in [4.78, 5) is 11.3. The third kappa shape index (κ3) is 2.50. The van der Waals surface area contributed by atoms with Crippen molar-refractivity contribution in [1.29, 1.82) is 0 Å². The molecule has 0 aliphatic carbocycles. The van der Waals surface area contributed by atoms with Crippen molar-refractivity contribution in [2.24, 2.45) is 0 Å². The van der Waals surface area contributed by atoms with Crippen molar-refractivity contribution in [3.05, 3.63) is 24.3 Å². The van der Waals surface area contributed by atoms with Gasteiger partial charge in [0.1, 0.15) is 11.5 Å². The van der Waals surface area contributed by atoms with Gasteiger partial charge in [-0.1, -0.05) is 6.07 Å². The van der Waals surface area contributed by atoms with Gasteiger partial charge in [0.05, 0.1) is 0 Å². The lowest BCUT2D eigenvalue weighted by Gasteiger charge is -2.34. The van der Waals surface area contributed by atoms with Crippen LogP contribution in [-0.2, 0) is 4.79 Å². The van der Waals surface area contributed by atoms with Crippen molar-refractivity contribution in [1.82, 2.24) is 5.32 Å². The minimum atomic E-state index is -1.23. The number of piperidine rings is 1. The molecule has 0 aromatic heterocycles. The third-order valence-corrected chi connectivity index (χ3v) is 2.87. The number of carbonyl (C=O) groups is 1. The SMILES string of the molecule is O=C(O)C1(Oc2cccc(O)c2)CCCNC1. The number of benzene rings is 1. The average Bonchev–Trinajstić information content (AvgIpc) is 2.30. The summed E-state index contributed by atoms with van der Waals surface area (Å²) in [6, 6.07) is 6.19. The predicted octanol–water partition coefficient (Wildman–Crippen LogP) is 0.978. The fourth-order valence-electron chi connectivity index (χ4n) is 1.96. The quantitative estimate of drug-likeness (QED) is 0.730. The van der Waals surface area contributed by atoms with Gasteiger partial charge in [0.25, 0.3) is 0 Å². The number of carboxylic acid groups (broad SMARTS) is 1. The number of rotatable bonds is 3. The van der Waals surface area contributed by atoms with Gasteiger partial charge in [-0.2, -0.15) is 0 Å². The monoisotopic (exact) mass is 237 g/mol. The van der Waals surface area contributed by atoms with Crippen LogP contribution >= 0.6 is 0 Å². The third-order valence-electron chi connectivity index (χ3n) is 2.87. The number of nitrogens with one attached hydrogen (secondary N) is 1. The smallest absolute Gasteiger partial charge is 0.349 e. The Labute approximate surface area is 99.0 Å². The number of carboxylic acids is 1. The van der Waals surface area contributed by atoms with E-state index in [1.54, 1.807) is 12.1 Å². The van der Waals surface area contributed by atoms with Gasteiger partial charge in [-0.05, 0) is 25.1 Å². The summed E-state index contributed by atoms with van der Waals surface area (Å²) in [5.41, 5.74) is -1.23. The van der Waals surface area contributed by atoms with Crippen LogP contribution in [0.2, 0.25) is 0 Å². The Morgan fingerprint density at radius 3 is 2.88 bits per heavy atom. The van der Waals surface area contributed by atoms with Gasteiger partial charge < -0.3 is 20.3 Å². The maximum atomic E-state index is 11.3. The van der Waals surface area contributed by atoms with Gasteiger partial charge in [-0.3, -0.25) is 0 Å². The highest BCUT2D eigenvalue weighted by Gasteiger charge is 2.42. The molecule has 0 bridgehead atoms. The highest BCUT2D eigenvalue weighted by molar-refractivity contribution is 5.78. The summed E-state index contributed by atoms with van der Waals surface area (Å²) in [6.45, 7) is 1.08. The number of phenolic OH excluding ortho intramolecular Hbond substituents is 1. The summed E-state index contributed by atoms with van der Waals surface area (Å²) in [5.74, 6) is -0.545. The molecule has 92 valence electrons. The lowest BCUT2D eigenvalue weighted by Crippen LogP contribution is -2.55. The first-order valence-corrected chi connectivity index (χ1v) is 5.55. The van der Waals surface area contributed by atoms with Crippen molar-refractivity contribution in [3.8, 4) is 11.5 Å². The number of aromatic hydroxyl groups is 1. The molecule has 1 fully saturated rings. The zero-order chi connectivity index (χ0) is 12.3. The summed E-state index contributed by atoms with van der Waals surface area (Å²) < 4.78 is 5.56. The number of ether oxygens (including phenoxy) is 1. The Morgan fingerprint density at radius 1 is 1.47 bits per heavy atom. The van der Waals surface area contributed by atoms with E-state index in [9.17, 15) is 15.0 Å². The standard InChI is InChI=1S/C12H15NO4/c14-9-3-1-4-10(7-9)17-12(11(15)16)5-2-6-13-8-12/h1,3-4,7,13-14H,2,5-6,8H2,(H,15,16). The molecule has 1 aliphatic heterocycles. The summed E-state index contributed by atoms with van der Waals surface area (Å²) in [5, 5.41) is 21.6. The van der Waals surface area contributed by atoms with E-state index in [2.05, 4.69) is 5.32 Å². The van der Waals surface area contributed by atoms with Crippen LogP contribution in [0.3, 0.4) is 0 Å². The van der Waals surface area contributed by atoms with E-state index >= 15 is 0 Å². The molecule has 0 saturated carbocycles. The van der Waals surface area contributed by atoms with Crippen LogP contribution in [0.15, 0.2) is 24.3 Å².